The molecule has 17 heavy (non-hydrogen) atoms. The molecule has 2 aliphatic rings. The van der Waals surface area contributed by atoms with E-state index in [2.05, 4.69) is 11.6 Å². The molecule has 0 spiro atoms. The number of nitrogens with one attached hydrogen (secondary N) is 1. The molecule has 0 aromatic carbocycles. The van der Waals surface area contributed by atoms with Gasteiger partial charge in [0.1, 0.15) is 0 Å². The highest BCUT2D eigenvalue weighted by Gasteiger charge is 2.34. The first-order chi connectivity index (χ1) is 8.01. The van der Waals surface area contributed by atoms with Crippen LogP contribution in [0.25, 0.3) is 0 Å². The Labute approximate surface area is 104 Å². The molecule has 0 radical (unpaired) electrons. The Morgan fingerprint density at radius 3 is 2.71 bits per heavy atom. The summed E-state index contributed by atoms with van der Waals surface area (Å²) in [4.78, 5) is 0. The van der Waals surface area contributed by atoms with Gasteiger partial charge in [-0.15, -0.1) is 0 Å². The van der Waals surface area contributed by atoms with Crippen LogP contribution in [0.1, 0.15) is 32.6 Å². The van der Waals surface area contributed by atoms with Gasteiger partial charge in [-0.3, -0.25) is 0 Å². The van der Waals surface area contributed by atoms with Crippen LogP contribution >= 0.6 is 0 Å². The van der Waals surface area contributed by atoms with Crippen LogP contribution in [0.2, 0.25) is 0 Å². The van der Waals surface area contributed by atoms with Crippen molar-refractivity contribution in [1.29, 1.82) is 0 Å². The van der Waals surface area contributed by atoms with Crippen molar-refractivity contribution in [2.45, 2.75) is 38.6 Å². The zero-order chi connectivity index (χ0) is 12.5. The van der Waals surface area contributed by atoms with Gasteiger partial charge in [0.15, 0.2) is 0 Å². The molecule has 2 fully saturated rings. The normalized spacial score (nSPS) is 35.5. The van der Waals surface area contributed by atoms with Crippen LogP contribution in [0.5, 0.6) is 0 Å². The molecule has 0 aromatic rings. The Bertz CT molecular complexity index is 352. The standard InChI is InChI=1S/C11H23N3O2S/c1-9-5-11(6-9)13-17(15,16)14-4-2-3-10(7-12)8-14/h9-11,13H,2-8,12H2,1H3. The number of rotatable bonds is 4. The van der Waals surface area contributed by atoms with Crippen molar-refractivity contribution in [2.75, 3.05) is 19.6 Å². The summed E-state index contributed by atoms with van der Waals surface area (Å²) in [6.45, 7) is 3.94. The first kappa shape index (κ1) is 13.3. The van der Waals surface area contributed by atoms with E-state index in [1.807, 2.05) is 0 Å². The van der Waals surface area contributed by atoms with E-state index in [-0.39, 0.29) is 6.04 Å². The molecular weight excluding hydrogens is 238 g/mol. The van der Waals surface area contributed by atoms with Crippen LogP contribution in [0.15, 0.2) is 0 Å². The first-order valence-corrected chi connectivity index (χ1v) is 7.92. The highest BCUT2D eigenvalue weighted by molar-refractivity contribution is 7.87. The van der Waals surface area contributed by atoms with E-state index < -0.39 is 10.2 Å². The van der Waals surface area contributed by atoms with Gasteiger partial charge >= 0.3 is 0 Å². The summed E-state index contributed by atoms with van der Waals surface area (Å²) in [5, 5.41) is 0. The Balaban J connectivity index is 1.90. The van der Waals surface area contributed by atoms with Gasteiger partial charge in [-0.05, 0) is 44.1 Å². The molecule has 0 aromatic heterocycles. The minimum absolute atomic E-state index is 0.147. The van der Waals surface area contributed by atoms with Gasteiger partial charge in [0.25, 0.3) is 10.2 Å². The fraction of sp³-hybridized carbons (Fsp3) is 1.00. The minimum Gasteiger partial charge on any atom is -0.330 e. The molecule has 5 nitrogen and oxygen atoms in total. The minimum atomic E-state index is -3.28. The van der Waals surface area contributed by atoms with Crippen LogP contribution in [0.4, 0.5) is 0 Å². The van der Waals surface area contributed by atoms with E-state index in [9.17, 15) is 8.42 Å². The quantitative estimate of drug-likeness (QED) is 0.764. The second-order valence-corrected chi connectivity index (χ2v) is 7.20. The molecule has 0 amide bonds. The Morgan fingerprint density at radius 2 is 2.12 bits per heavy atom. The maximum absolute atomic E-state index is 12.1. The van der Waals surface area contributed by atoms with Crippen molar-refractivity contribution in [3.63, 3.8) is 0 Å². The molecule has 0 bridgehead atoms. The predicted octanol–water partition coefficient (Wildman–Crippen LogP) is 0.290. The number of nitrogens with two attached hydrogens (primary N) is 1. The summed E-state index contributed by atoms with van der Waals surface area (Å²) >= 11 is 0. The van der Waals surface area contributed by atoms with Crippen molar-refractivity contribution < 1.29 is 8.42 Å². The van der Waals surface area contributed by atoms with Crippen LogP contribution in [-0.4, -0.2) is 38.4 Å². The lowest BCUT2D eigenvalue weighted by molar-refractivity contribution is 0.244. The molecule has 100 valence electrons. The van der Waals surface area contributed by atoms with E-state index in [1.54, 1.807) is 4.31 Å². The number of piperidine rings is 1. The molecule has 1 heterocycles. The van der Waals surface area contributed by atoms with Crippen LogP contribution in [0.3, 0.4) is 0 Å². The summed E-state index contributed by atoms with van der Waals surface area (Å²) in [5.41, 5.74) is 5.62. The molecule has 1 saturated carbocycles. The van der Waals surface area contributed by atoms with Gasteiger partial charge in [0.05, 0.1) is 0 Å². The van der Waals surface area contributed by atoms with E-state index in [4.69, 9.17) is 5.73 Å². The lowest BCUT2D eigenvalue weighted by Crippen LogP contribution is -2.52. The number of hydrogen-bond donors (Lipinski definition) is 2. The lowest BCUT2D eigenvalue weighted by atomic mass is 9.83. The Kier molecular flexibility index (Phi) is 4.07. The summed E-state index contributed by atoms with van der Waals surface area (Å²) in [5.74, 6) is 0.974. The van der Waals surface area contributed by atoms with Crippen LogP contribution in [-0.2, 0) is 10.2 Å². The molecular formula is C11H23N3O2S. The summed E-state index contributed by atoms with van der Waals surface area (Å²) < 4.78 is 28.6. The largest absolute Gasteiger partial charge is 0.330 e. The lowest BCUT2D eigenvalue weighted by Gasteiger charge is -2.37. The maximum atomic E-state index is 12.1. The van der Waals surface area contributed by atoms with Crippen molar-refractivity contribution in [2.24, 2.45) is 17.6 Å². The SMILES string of the molecule is CC1CC(NS(=O)(=O)N2CCCC(CN)C2)C1. The molecule has 1 unspecified atom stereocenters. The summed E-state index contributed by atoms with van der Waals surface area (Å²) in [7, 11) is -3.28. The molecule has 6 heteroatoms. The van der Waals surface area contributed by atoms with Gasteiger partial charge in [-0.25, -0.2) is 0 Å². The topological polar surface area (TPSA) is 75.4 Å². The van der Waals surface area contributed by atoms with E-state index in [0.29, 0.717) is 31.5 Å². The van der Waals surface area contributed by atoms with Gasteiger partial charge < -0.3 is 5.73 Å². The van der Waals surface area contributed by atoms with Crippen molar-refractivity contribution in [3.8, 4) is 0 Å². The number of nitrogens with zero attached hydrogens (tertiary/aromatic N) is 1. The van der Waals surface area contributed by atoms with Crippen molar-refractivity contribution >= 4 is 10.2 Å². The fourth-order valence-electron chi connectivity index (χ4n) is 2.72. The van der Waals surface area contributed by atoms with E-state index in [0.717, 1.165) is 25.7 Å². The van der Waals surface area contributed by atoms with Gasteiger partial charge in [0.2, 0.25) is 0 Å². The van der Waals surface area contributed by atoms with Crippen molar-refractivity contribution in [3.05, 3.63) is 0 Å². The fourth-order valence-corrected chi connectivity index (χ4v) is 4.26. The molecule has 1 atom stereocenters. The van der Waals surface area contributed by atoms with Crippen LogP contribution < -0.4 is 10.5 Å². The average molecular weight is 261 g/mol. The third-order valence-corrected chi connectivity index (χ3v) is 5.49. The van der Waals surface area contributed by atoms with Gasteiger partial charge in [-0.2, -0.15) is 17.4 Å². The molecule has 1 aliphatic carbocycles. The van der Waals surface area contributed by atoms with Crippen molar-refractivity contribution in [1.82, 2.24) is 9.03 Å². The smallest absolute Gasteiger partial charge is 0.279 e. The van der Waals surface area contributed by atoms with Gasteiger partial charge in [-0.1, -0.05) is 6.92 Å². The second kappa shape index (κ2) is 5.22. The zero-order valence-corrected chi connectivity index (χ0v) is 11.2. The molecule has 3 N–H and O–H groups in total. The highest BCUT2D eigenvalue weighted by atomic mass is 32.2. The summed E-state index contributed by atoms with van der Waals surface area (Å²) in [6, 6.07) is 0.147. The highest BCUT2D eigenvalue weighted by Crippen LogP contribution is 2.27. The molecule has 1 saturated heterocycles. The Morgan fingerprint density at radius 1 is 1.41 bits per heavy atom. The average Bonchev–Trinajstić information content (AvgIpc) is 2.27. The van der Waals surface area contributed by atoms with Gasteiger partial charge in [0, 0.05) is 19.1 Å². The Hall–Kier alpha value is -0.170. The summed E-state index contributed by atoms with van der Waals surface area (Å²) in [6.07, 6.45) is 3.90. The third-order valence-electron chi connectivity index (χ3n) is 3.84. The monoisotopic (exact) mass is 261 g/mol. The second-order valence-electron chi connectivity index (χ2n) is 5.50. The molecule has 2 rings (SSSR count). The first-order valence-electron chi connectivity index (χ1n) is 6.48. The van der Waals surface area contributed by atoms with E-state index in [1.165, 1.54) is 0 Å². The predicted molar refractivity (Wildman–Crippen MR) is 67.6 cm³/mol. The third kappa shape index (κ3) is 3.19. The maximum Gasteiger partial charge on any atom is 0.279 e. The zero-order valence-electron chi connectivity index (χ0n) is 10.4. The molecule has 1 aliphatic heterocycles. The number of hydrogen-bond acceptors (Lipinski definition) is 3. The van der Waals surface area contributed by atoms with Crippen LogP contribution in [0, 0.1) is 11.8 Å². The van der Waals surface area contributed by atoms with E-state index >= 15 is 0 Å².